The van der Waals surface area contributed by atoms with E-state index in [9.17, 15) is 53.3 Å². The van der Waals surface area contributed by atoms with E-state index in [0.29, 0.717) is 78.6 Å². The average Bonchev–Trinajstić information content (AvgIpc) is 1.78. The zero-order chi connectivity index (χ0) is 70.7. The minimum atomic E-state index is -0.946. The summed E-state index contributed by atoms with van der Waals surface area (Å²) in [6, 6.07) is 20.7. The fraction of sp³-hybridized carbons (Fsp3) is 0.483. The van der Waals surface area contributed by atoms with Gasteiger partial charge in [-0.1, -0.05) is 58.4 Å². The molecule has 3 atom stereocenters. The number of nitrogens with two attached hydrogens (primary N) is 1. The molecule has 3 aromatic carbocycles. The summed E-state index contributed by atoms with van der Waals surface area (Å²) < 4.78 is 14.7. The fourth-order valence-electron chi connectivity index (χ4n) is 7.06. The van der Waals surface area contributed by atoms with Crippen molar-refractivity contribution in [3.8, 4) is 5.75 Å². The number of para-hydroxylation sites is 3. The van der Waals surface area contributed by atoms with Crippen LogP contribution >= 0.6 is 99.6 Å². The predicted octanol–water partition coefficient (Wildman–Crippen LogP) is 3.36. The van der Waals surface area contributed by atoms with Crippen molar-refractivity contribution in [1.82, 2.24) is 20.3 Å². The number of thioether (sulfide) groups is 4. The van der Waals surface area contributed by atoms with E-state index < -0.39 is 40.0 Å². The van der Waals surface area contributed by atoms with E-state index >= 15 is 0 Å². The molecular formula is C58H81BBrCl2FeN9NaO19S5. The molecule has 8 rings (SSSR count). The van der Waals surface area contributed by atoms with Crippen molar-refractivity contribution < 1.29 is 134 Å². The number of carboxylic acid groups (broad SMARTS) is 1. The maximum absolute atomic E-state index is 12.6. The molecule has 3 amide bonds. The second-order valence-electron chi connectivity index (χ2n) is 17.5. The Morgan fingerprint density at radius 3 is 1.89 bits per heavy atom. The van der Waals surface area contributed by atoms with Crippen LogP contribution < -0.4 is 50.8 Å². The molecule has 0 aliphatic carbocycles. The van der Waals surface area contributed by atoms with Crippen molar-refractivity contribution in [3.05, 3.63) is 107 Å². The van der Waals surface area contributed by atoms with Gasteiger partial charge in [0.15, 0.2) is 11.5 Å². The number of carbonyl (C=O) groups is 10. The molecule has 5 aliphatic heterocycles. The van der Waals surface area contributed by atoms with Crippen molar-refractivity contribution in [2.45, 2.75) is 52.7 Å². The Morgan fingerprint density at radius 2 is 1.38 bits per heavy atom. The number of benzene rings is 3. The van der Waals surface area contributed by atoms with Gasteiger partial charge in [0.2, 0.25) is 11.7 Å². The number of amides is 3. The molecule has 3 saturated heterocycles. The number of anilines is 1. The van der Waals surface area contributed by atoms with Crippen LogP contribution in [0.15, 0.2) is 83.9 Å². The third-order valence-electron chi connectivity index (χ3n) is 11.0. The molecule has 0 saturated carbocycles. The second kappa shape index (κ2) is 64.7. The number of rotatable bonds is 14. The largest absolute Gasteiger partial charge is 1.00 e. The van der Waals surface area contributed by atoms with E-state index in [1.54, 1.807) is 108 Å². The summed E-state index contributed by atoms with van der Waals surface area (Å²) in [4.78, 5) is 138. The summed E-state index contributed by atoms with van der Waals surface area (Å²) in [7, 11) is 2.42. The number of carboxylic acids is 1. The monoisotopic (exact) mass is 1610 g/mol. The van der Waals surface area contributed by atoms with E-state index in [1.165, 1.54) is 37.1 Å². The van der Waals surface area contributed by atoms with Crippen molar-refractivity contribution in [1.29, 1.82) is 5.26 Å². The molecule has 5 heterocycles. The maximum atomic E-state index is 12.6. The van der Waals surface area contributed by atoms with Crippen LogP contribution in [0.4, 0.5) is 16.2 Å². The van der Waals surface area contributed by atoms with Crippen LogP contribution in [0.5, 0.6) is 5.75 Å². The van der Waals surface area contributed by atoms with Gasteiger partial charge in [0, 0.05) is 154 Å². The summed E-state index contributed by atoms with van der Waals surface area (Å²) in [6.07, 6.45) is 0. The number of nitro benzene ring substituents is 1. The number of fused-ring (bicyclic) bond motifs is 2. The van der Waals surface area contributed by atoms with E-state index in [-0.39, 0.29) is 132 Å². The number of alkyl halides is 1. The Bertz CT molecular complexity index is 2860. The number of ketones is 2. The van der Waals surface area contributed by atoms with Crippen LogP contribution in [-0.2, 0) is 69.7 Å². The van der Waals surface area contributed by atoms with Gasteiger partial charge in [-0.05, 0) is 51.1 Å². The first kappa shape index (κ1) is 103. The molecule has 3 unspecified atom stereocenters. The van der Waals surface area contributed by atoms with Crippen LogP contribution in [-0.4, -0.2) is 245 Å². The van der Waals surface area contributed by atoms with Gasteiger partial charge in [0.05, 0.1) is 48.4 Å². The summed E-state index contributed by atoms with van der Waals surface area (Å²) in [5.41, 5.74) is 5.55. The molecule has 97 heavy (non-hydrogen) atoms. The smallest absolute Gasteiger partial charge is 0.512 e. The quantitative estimate of drug-likeness (QED) is 0.0129. The number of aliphatic hydroxyl groups is 1. The molecule has 28 nitrogen and oxygen atoms in total. The zero-order valence-electron chi connectivity index (χ0n) is 54.7. The number of hydrogen-bond acceptors (Lipinski definition) is 28. The summed E-state index contributed by atoms with van der Waals surface area (Å²) in [5, 5.41) is 38.7. The number of nitro groups is 1. The molecule has 5 aliphatic rings. The second-order valence-corrected chi connectivity index (χ2v) is 23.4. The zero-order valence-corrected chi connectivity index (χ0v) is 65.2. The molecule has 3 fully saturated rings. The van der Waals surface area contributed by atoms with Crippen molar-refractivity contribution in [2.75, 3.05) is 129 Å². The standard InChI is InChI=1S/C14H16N2O5S.C12H12N2O2S.C8H8ClNO3.C7H13NO2S.C7H11NO2S.C4H5BrO2.C2H7NS.C2H4O2.CN.CH4O.B.ClH.Fe.Na/c1-2-21-14(18)12-9-22-8-7-15(12)13(17)10-5-3-4-6-11(10)16(19)20;15-11-10-7-17-6-5-14(10)12(16)8-3-1-2-4-9(8)13-11;1-10(13-8(9)11)12-7-5-3-2-4-6-7;2*1-2-10-7(9)6-5-11-4-3-8-6;1-3(6)4(7)2-5;3-1-2-4;1-2(3)4;2*1-2;;;;/h3-6,12H,2,7-9H2,1H3;1-4,10H,5-7H2,(H,13,15);2-6H,1H3;6,8H,2-5H2,1H3;2-5H2,1H3;2H2,1H3;4H,1-3H2;1H3,(H,3,4);;2H,1H3;;1H;;/q;;;;;;;;-1;;;;;+1. The molecule has 0 aromatic heterocycles. The number of nitrogens with one attached hydrogen (secondary N) is 2. The normalized spacial score (nSPS) is 15.5. The Hall–Kier alpha value is -4.65. The Morgan fingerprint density at radius 1 is 0.845 bits per heavy atom. The van der Waals surface area contributed by atoms with E-state index in [4.69, 9.17) is 63.2 Å². The molecule has 0 spiro atoms. The van der Waals surface area contributed by atoms with Crippen LogP contribution in [0.3, 0.4) is 0 Å². The molecule has 3 aromatic rings. The van der Waals surface area contributed by atoms with Crippen molar-refractivity contribution >= 4 is 184 Å². The SMILES string of the molecule is CC(=O)C(=O)CBr.CC(=O)O.CCOC(=O)C1=NCCSC1.CCOC(=O)C1CSCCN1.CCOC(=O)C1CSCCN1C(=O)c1ccccc1[N+](=O)[O-].CN(OC(=O)Cl)Oc1ccccc1.CO.Cl.NCCS.O=C1Nc2ccccc2C(=O)N2CCSCC12.[B].[C-]#N.[Fe].[Na+]. The number of aliphatic carboxylic acids is 1. The Kier molecular flexibility index (Phi) is 69.0. The maximum Gasteiger partial charge on any atom is 1.00 e. The number of Topliss-reactive ketones (excluding diaryl/α,β-unsaturated/α-hetero) is 2. The van der Waals surface area contributed by atoms with Crippen LogP contribution in [0.1, 0.15) is 55.3 Å². The van der Waals surface area contributed by atoms with Crippen LogP contribution in [0, 0.1) is 21.9 Å². The number of thiol groups is 1. The number of carbonyl (C=O) groups excluding carboxylic acids is 9. The topological polar surface area (TPSA) is 396 Å². The number of halogens is 3. The van der Waals surface area contributed by atoms with Crippen molar-refractivity contribution in [3.63, 3.8) is 0 Å². The number of aliphatic imine (C=N–C) groups is 1. The molecule has 3 radical (unpaired) electrons. The first-order chi connectivity index (χ1) is 44.5. The summed E-state index contributed by atoms with van der Waals surface area (Å²) in [6.45, 7) is 16.9. The first-order valence-corrected chi connectivity index (χ1v) is 34.7. The van der Waals surface area contributed by atoms with E-state index in [1.807, 2.05) is 25.1 Å². The first-order valence-electron chi connectivity index (χ1n) is 28.0. The van der Waals surface area contributed by atoms with Gasteiger partial charge in [0.25, 0.3) is 23.5 Å². The Labute approximate surface area is 642 Å². The third-order valence-corrected chi connectivity index (χ3v) is 15.9. The summed E-state index contributed by atoms with van der Waals surface area (Å²) >= 11 is 18.4. The van der Waals surface area contributed by atoms with Gasteiger partial charge in [-0.25, -0.2) is 14.4 Å². The molecule has 535 valence electrons. The van der Waals surface area contributed by atoms with Gasteiger partial charge in [-0.2, -0.15) is 59.7 Å². The van der Waals surface area contributed by atoms with Gasteiger partial charge in [0.1, 0.15) is 29.4 Å². The third kappa shape index (κ3) is 45.0. The number of ether oxygens (including phenoxy) is 3. The number of nitrogens with zero attached hydrogens (tertiary/aromatic N) is 6. The summed E-state index contributed by atoms with van der Waals surface area (Å²) in [5.74, 6) is 4.67. The molecular weight excluding hydrogens is 1530 g/mol. The number of esters is 3. The van der Waals surface area contributed by atoms with Gasteiger partial charge < -0.3 is 72.1 Å². The minimum Gasteiger partial charge on any atom is -0.512 e. The predicted molar refractivity (Wildman–Crippen MR) is 380 cm³/mol. The van der Waals surface area contributed by atoms with E-state index in [2.05, 4.69) is 49.0 Å². The van der Waals surface area contributed by atoms with Gasteiger partial charge >= 0.3 is 52.9 Å². The van der Waals surface area contributed by atoms with Crippen LogP contribution in [0.25, 0.3) is 0 Å². The fourth-order valence-corrected chi connectivity index (χ4v) is 11.3. The number of hydrogen-bond donors (Lipinski definition) is 6. The molecule has 6 N–H and O–H groups in total. The molecule has 0 bridgehead atoms. The average molecular weight is 1610 g/mol. The number of aliphatic hydroxyl groups excluding tert-OH is 1. The minimum absolute atomic E-state index is 0. The van der Waals surface area contributed by atoms with E-state index in [0.717, 1.165) is 61.1 Å². The van der Waals surface area contributed by atoms with Crippen LogP contribution in [0.2, 0.25) is 0 Å². The molecule has 39 heteroatoms. The van der Waals surface area contributed by atoms with Gasteiger partial charge in [-0.15, -0.1) is 12.4 Å². The number of hydroxylamine groups is 2. The van der Waals surface area contributed by atoms with Gasteiger partial charge in [-0.3, -0.25) is 48.7 Å². The Balaban J connectivity index is -0.000000252. The van der Waals surface area contributed by atoms with Crippen molar-refractivity contribution in [2.24, 2.45) is 10.7 Å².